The van der Waals surface area contributed by atoms with Gasteiger partial charge in [-0.05, 0) is 51.8 Å². The van der Waals surface area contributed by atoms with Crippen LogP contribution in [-0.4, -0.2) is 129 Å². The van der Waals surface area contributed by atoms with Gasteiger partial charge in [0.15, 0.2) is 0 Å². The molecule has 1 aromatic rings. The number of fused-ring (bicyclic) bond motifs is 5. The SMILES string of the molecule is COc1cc(NC2NCC3C(=O)N4C/C=C\CCCN5C(=O)COC6CCC(NC65)N4C3N2)ccc1N1CCN(C)C(C)C1. The first-order valence-electron chi connectivity index (χ1n) is 16.2. The van der Waals surface area contributed by atoms with Crippen LogP contribution >= 0.6 is 0 Å². The fourth-order valence-corrected chi connectivity index (χ4v) is 7.64. The number of carbonyl (C=O) groups excluding carboxylic acids is 2. The number of nitrogens with one attached hydrogen (secondary N) is 4. The van der Waals surface area contributed by atoms with E-state index in [1.54, 1.807) is 7.11 Å². The number of nitrogens with zero attached hydrogens (tertiary/aromatic N) is 5. The lowest BCUT2D eigenvalue weighted by Crippen LogP contribution is -2.72. The summed E-state index contributed by atoms with van der Waals surface area (Å²) in [5.74, 6) is 0.745. The molecule has 6 aliphatic rings. The predicted molar refractivity (Wildman–Crippen MR) is 166 cm³/mol. The van der Waals surface area contributed by atoms with Gasteiger partial charge in [-0.1, -0.05) is 12.2 Å². The summed E-state index contributed by atoms with van der Waals surface area (Å²) < 4.78 is 11.8. The van der Waals surface area contributed by atoms with E-state index in [0.717, 1.165) is 62.4 Å². The van der Waals surface area contributed by atoms with Gasteiger partial charge in [-0.15, -0.1) is 0 Å². The molecular weight excluding hydrogens is 562 g/mol. The highest BCUT2D eigenvalue weighted by atomic mass is 16.5. The van der Waals surface area contributed by atoms with Crippen LogP contribution in [0.4, 0.5) is 11.4 Å². The van der Waals surface area contributed by atoms with Crippen molar-refractivity contribution in [2.45, 2.75) is 69.5 Å². The van der Waals surface area contributed by atoms with Crippen molar-refractivity contribution in [2.24, 2.45) is 5.92 Å². The van der Waals surface area contributed by atoms with Crippen LogP contribution in [0.2, 0.25) is 0 Å². The Labute approximate surface area is 259 Å². The summed E-state index contributed by atoms with van der Waals surface area (Å²) in [7, 11) is 3.90. The molecule has 0 aromatic heterocycles. The summed E-state index contributed by atoms with van der Waals surface area (Å²) in [6, 6.07) is 6.76. The van der Waals surface area contributed by atoms with E-state index in [0.29, 0.717) is 25.7 Å². The number of morpholine rings is 1. The lowest BCUT2D eigenvalue weighted by atomic mass is 9.99. The predicted octanol–water partition coefficient (Wildman–Crippen LogP) is 0.338. The minimum Gasteiger partial charge on any atom is -0.495 e. The molecule has 7 unspecified atom stereocenters. The highest BCUT2D eigenvalue weighted by Crippen LogP contribution is 2.35. The zero-order valence-electron chi connectivity index (χ0n) is 26.1. The molecule has 0 radical (unpaired) electrons. The molecule has 4 N–H and O–H groups in total. The average molecular weight is 610 g/mol. The highest BCUT2D eigenvalue weighted by Gasteiger charge is 2.53. The highest BCUT2D eigenvalue weighted by molar-refractivity contribution is 5.82. The van der Waals surface area contributed by atoms with Crippen molar-refractivity contribution >= 4 is 23.2 Å². The van der Waals surface area contributed by atoms with E-state index in [-0.39, 0.29) is 55.2 Å². The van der Waals surface area contributed by atoms with Crippen LogP contribution in [0, 0.1) is 5.92 Å². The molecule has 5 fully saturated rings. The number of rotatable bonds is 4. The molecule has 6 heterocycles. The molecule has 0 spiro atoms. The number of ether oxygens (including phenoxy) is 2. The van der Waals surface area contributed by atoms with Crippen LogP contribution in [0.1, 0.15) is 32.6 Å². The molecule has 7 rings (SSSR count). The van der Waals surface area contributed by atoms with Crippen molar-refractivity contribution in [1.82, 2.24) is 35.8 Å². The summed E-state index contributed by atoms with van der Waals surface area (Å²) in [6.45, 7) is 7.11. The first-order valence-corrected chi connectivity index (χ1v) is 16.2. The molecule has 44 heavy (non-hydrogen) atoms. The smallest absolute Gasteiger partial charge is 0.249 e. The molecule has 13 heteroatoms. The number of hydrazine groups is 1. The number of likely N-dealkylation sites (N-methyl/N-ethyl adjacent to an activating group) is 1. The second-order valence-electron chi connectivity index (χ2n) is 12.9. The van der Waals surface area contributed by atoms with Gasteiger partial charge in [-0.3, -0.25) is 30.5 Å². The lowest BCUT2D eigenvalue weighted by Gasteiger charge is -2.50. The summed E-state index contributed by atoms with van der Waals surface area (Å²) in [5, 5.41) is 18.6. The molecule has 7 atom stereocenters. The van der Waals surface area contributed by atoms with Crippen molar-refractivity contribution in [3.8, 4) is 5.75 Å². The molecule has 0 saturated carbocycles. The maximum atomic E-state index is 13.8. The summed E-state index contributed by atoms with van der Waals surface area (Å²) in [4.78, 5) is 33.4. The second kappa shape index (κ2) is 12.5. The molecule has 6 aliphatic heterocycles. The molecule has 2 amide bonds. The molecule has 1 aromatic carbocycles. The number of hydrogen-bond donors (Lipinski definition) is 4. The van der Waals surface area contributed by atoms with Crippen LogP contribution in [0.5, 0.6) is 5.75 Å². The Bertz CT molecular complexity index is 1260. The van der Waals surface area contributed by atoms with Gasteiger partial charge in [-0.2, -0.15) is 5.01 Å². The Morgan fingerprint density at radius 2 is 1.95 bits per heavy atom. The number of piperazine rings is 1. The van der Waals surface area contributed by atoms with Gasteiger partial charge in [0.25, 0.3) is 0 Å². The number of anilines is 2. The van der Waals surface area contributed by atoms with Crippen LogP contribution in [-0.2, 0) is 14.3 Å². The number of carbonyl (C=O) groups is 2. The van der Waals surface area contributed by atoms with Gasteiger partial charge in [-0.25, -0.2) is 0 Å². The standard InChI is InChI=1S/C31H47N9O4/c1-20-18-37(15-14-36(20)2)23-9-8-21(16-25(23)43-3)33-31-32-17-22-28(35-31)40-26-11-10-24-29(34-26)38(27(41)19-44-24)12-6-4-5-7-13-39(40)30(22)42/h5,7-9,16,20,22,24,26,28-29,31-35H,4,6,10-15,17-19H2,1-3H3/b7-5-. The molecular formula is C31H47N9O4. The van der Waals surface area contributed by atoms with Crippen molar-refractivity contribution in [2.75, 3.05) is 70.2 Å². The van der Waals surface area contributed by atoms with Crippen LogP contribution in [0.3, 0.4) is 0 Å². The monoisotopic (exact) mass is 609 g/mol. The zero-order valence-corrected chi connectivity index (χ0v) is 26.1. The fourth-order valence-electron chi connectivity index (χ4n) is 7.64. The number of hydrogen-bond acceptors (Lipinski definition) is 11. The number of piperidine rings is 1. The third-order valence-corrected chi connectivity index (χ3v) is 10.2. The van der Waals surface area contributed by atoms with Crippen molar-refractivity contribution in [3.05, 3.63) is 30.4 Å². The van der Waals surface area contributed by atoms with Gasteiger partial charge >= 0.3 is 0 Å². The van der Waals surface area contributed by atoms with E-state index in [1.165, 1.54) is 0 Å². The lowest BCUT2D eigenvalue weighted by molar-refractivity contribution is -0.176. The van der Waals surface area contributed by atoms with Crippen molar-refractivity contribution in [3.63, 3.8) is 0 Å². The first kappa shape index (κ1) is 29.8. The number of methoxy groups -OCH3 is 1. The van der Waals surface area contributed by atoms with Crippen molar-refractivity contribution < 1.29 is 19.1 Å². The van der Waals surface area contributed by atoms with E-state index in [1.807, 2.05) is 9.91 Å². The molecule has 2 bridgehead atoms. The first-order chi connectivity index (χ1) is 21.4. The minimum absolute atomic E-state index is 0.0282. The Balaban J connectivity index is 1.10. The van der Waals surface area contributed by atoms with E-state index in [9.17, 15) is 9.59 Å². The second-order valence-corrected chi connectivity index (χ2v) is 12.9. The van der Waals surface area contributed by atoms with E-state index in [4.69, 9.17) is 9.47 Å². The normalized spacial score (nSPS) is 35.8. The zero-order chi connectivity index (χ0) is 30.4. The van der Waals surface area contributed by atoms with Gasteiger partial charge in [0.2, 0.25) is 11.8 Å². The molecule has 0 aliphatic carbocycles. The topological polar surface area (TPSA) is 117 Å². The Morgan fingerprint density at radius 1 is 1.07 bits per heavy atom. The Morgan fingerprint density at radius 3 is 2.80 bits per heavy atom. The third-order valence-electron chi connectivity index (χ3n) is 10.2. The van der Waals surface area contributed by atoms with Gasteiger partial charge in [0, 0.05) is 50.5 Å². The summed E-state index contributed by atoms with van der Waals surface area (Å²) >= 11 is 0. The van der Waals surface area contributed by atoms with Crippen LogP contribution in [0.25, 0.3) is 0 Å². The van der Waals surface area contributed by atoms with Crippen molar-refractivity contribution in [1.29, 1.82) is 0 Å². The molecule has 240 valence electrons. The molecule has 5 saturated heterocycles. The van der Waals surface area contributed by atoms with E-state index < -0.39 is 0 Å². The summed E-state index contributed by atoms with van der Waals surface area (Å²) in [5.41, 5.74) is 2.04. The van der Waals surface area contributed by atoms with Gasteiger partial charge in [0.05, 0.1) is 43.7 Å². The number of allylic oxidation sites excluding steroid dienone is 1. The molecule has 13 nitrogen and oxygen atoms in total. The third kappa shape index (κ3) is 5.54. The minimum atomic E-state index is -0.257. The summed E-state index contributed by atoms with van der Waals surface area (Å²) in [6.07, 6.45) is 6.81. The fraction of sp³-hybridized carbons (Fsp3) is 0.677. The van der Waals surface area contributed by atoms with Gasteiger partial charge in [0.1, 0.15) is 24.8 Å². The Kier molecular flexibility index (Phi) is 8.42. The van der Waals surface area contributed by atoms with Gasteiger partial charge < -0.3 is 29.5 Å². The number of amides is 2. The largest absolute Gasteiger partial charge is 0.495 e. The maximum absolute atomic E-state index is 13.8. The quantitative estimate of drug-likeness (QED) is 0.354. The van der Waals surface area contributed by atoms with E-state index >= 15 is 0 Å². The van der Waals surface area contributed by atoms with Crippen LogP contribution in [0.15, 0.2) is 30.4 Å². The maximum Gasteiger partial charge on any atom is 0.249 e. The van der Waals surface area contributed by atoms with E-state index in [2.05, 4.69) is 80.4 Å². The Hall–Kier alpha value is -2.94. The van der Waals surface area contributed by atoms with Crippen LogP contribution < -0.4 is 30.9 Å². The average Bonchev–Trinajstić information content (AvgIpc) is 3.30. The number of benzene rings is 1.